The Labute approximate surface area is 95.3 Å². The molecule has 2 aliphatic heterocycles. The molecule has 1 N–H and O–H groups in total. The highest BCUT2D eigenvalue weighted by Gasteiger charge is 2.35. The van der Waals surface area contributed by atoms with Crippen LogP contribution in [0.1, 0.15) is 13.3 Å². The van der Waals surface area contributed by atoms with Crippen LogP contribution in [0.25, 0.3) is 0 Å². The summed E-state index contributed by atoms with van der Waals surface area (Å²) in [7, 11) is 0. The van der Waals surface area contributed by atoms with Crippen LogP contribution in [0.3, 0.4) is 0 Å². The van der Waals surface area contributed by atoms with E-state index in [0.717, 1.165) is 6.42 Å². The van der Waals surface area contributed by atoms with Crippen molar-refractivity contribution in [2.45, 2.75) is 25.6 Å². The highest BCUT2D eigenvalue weighted by Crippen LogP contribution is 2.22. The number of ether oxygens (including phenoxy) is 2. The molecule has 0 aliphatic carbocycles. The van der Waals surface area contributed by atoms with Crippen LogP contribution in [0.5, 0.6) is 0 Å². The van der Waals surface area contributed by atoms with Crippen molar-refractivity contribution in [3.8, 4) is 0 Å². The van der Waals surface area contributed by atoms with Gasteiger partial charge in [0, 0.05) is 19.7 Å². The molecule has 2 heterocycles. The second kappa shape index (κ2) is 5.12. The largest absolute Gasteiger partial charge is 0.394 e. The van der Waals surface area contributed by atoms with E-state index in [9.17, 15) is 4.79 Å². The summed E-state index contributed by atoms with van der Waals surface area (Å²) in [6.45, 7) is 4.25. The van der Waals surface area contributed by atoms with Crippen molar-refractivity contribution in [3.63, 3.8) is 0 Å². The Morgan fingerprint density at radius 2 is 2.25 bits per heavy atom. The number of nitrogens with zero attached hydrogens (tertiary/aromatic N) is 1. The van der Waals surface area contributed by atoms with Gasteiger partial charge in [-0.2, -0.15) is 0 Å². The molecule has 3 atom stereocenters. The minimum Gasteiger partial charge on any atom is -0.394 e. The van der Waals surface area contributed by atoms with Gasteiger partial charge in [-0.25, -0.2) is 0 Å². The molecular weight excluding hydrogens is 210 g/mol. The molecule has 2 fully saturated rings. The van der Waals surface area contributed by atoms with E-state index in [1.54, 1.807) is 4.90 Å². The lowest BCUT2D eigenvalue weighted by molar-refractivity contribution is -0.151. The molecule has 92 valence electrons. The number of amides is 1. The minimum absolute atomic E-state index is 0.0368. The second-order valence-corrected chi connectivity index (χ2v) is 4.52. The number of rotatable bonds is 2. The summed E-state index contributed by atoms with van der Waals surface area (Å²) in [5.74, 6) is 0.342. The van der Waals surface area contributed by atoms with Crippen molar-refractivity contribution in [2.24, 2.45) is 5.92 Å². The van der Waals surface area contributed by atoms with E-state index >= 15 is 0 Å². The first-order chi connectivity index (χ1) is 7.72. The van der Waals surface area contributed by atoms with E-state index < -0.39 is 0 Å². The topological polar surface area (TPSA) is 59.0 Å². The monoisotopic (exact) mass is 229 g/mol. The average Bonchev–Trinajstić information content (AvgIpc) is 2.74. The normalized spacial score (nSPS) is 35.4. The van der Waals surface area contributed by atoms with Crippen LogP contribution in [-0.2, 0) is 14.3 Å². The molecule has 2 aliphatic rings. The summed E-state index contributed by atoms with van der Waals surface area (Å²) in [5.41, 5.74) is 0. The van der Waals surface area contributed by atoms with E-state index in [0.29, 0.717) is 32.2 Å². The van der Waals surface area contributed by atoms with Crippen molar-refractivity contribution in [1.29, 1.82) is 0 Å². The van der Waals surface area contributed by atoms with Crippen LogP contribution in [0, 0.1) is 5.92 Å². The van der Waals surface area contributed by atoms with Gasteiger partial charge in [0.15, 0.2) is 0 Å². The van der Waals surface area contributed by atoms with Crippen molar-refractivity contribution in [3.05, 3.63) is 0 Å². The van der Waals surface area contributed by atoms with Gasteiger partial charge in [0.1, 0.15) is 6.10 Å². The third-order valence-electron chi connectivity index (χ3n) is 3.28. The number of aliphatic hydroxyl groups excluding tert-OH is 1. The maximum absolute atomic E-state index is 12.1. The fourth-order valence-electron chi connectivity index (χ4n) is 2.22. The number of hydrogen-bond acceptors (Lipinski definition) is 4. The lowest BCUT2D eigenvalue weighted by atomic mass is 10.0. The molecule has 0 saturated carbocycles. The average molecular weight is 229 g/mol. The summed E-state index contributed by atoms with van der Waals surface area (Å²) >= 11 is 0. The highest BCUT2D eigenvalue weighted by atomic mass is 16.5. The van der Waals surface area contributed by atoms with Crippen LogP contribution in [0.15, 0.2) is 0 Å². The number of aliphatic hydroxyl groups is 1. The van der Waals surface area contributed by atoms with E-state index in [1.807, 2.05) is 6.92 Å². The van der Waals surface area contributed by atoms with E-state index in [1.165, 1.54) is 0 Å². The van der Waals surface area contributed by atoms with Crippen molar-refractivity contribution >= 4 is 5.91 Å². The van der Waals surface area contributed by atoms with Crippen LogP contribution in [-0.4, -0.2) is 61.0 Å². The molecule has 3 unspecified atom stereocenters. The zero-order valence-corrected chi connectivity index (χ0v) is 9.59. The number of morpholine rings is 1. The third-order valence-corrected chi connectivity index (χ3v) is 3.28. The summed E-state index contributed by atoms with van der Waals surface area (Å²) in [5, 5.41) is 9.01. The van der Waals surface area contributed by atoms with E-state index in [4.69, 9.17) is 14.6 Å². The quantitative estimate of drug-likeness (QED) is 0.702. The molecule has 0 bridgehead atoms. The molecule has 2 saturated heterocycles. The molecular formula is C11H19NO4. The Morgan fingerprint density at radius 1 is 1.44 bits per heavy atom. The fraction of sp³-hybridized carbons (Fsp3) is 0.909. The SMILES string of the molecule is CC1CCOC1C(=O)N1CCOC(CO)C1. The Hall–Kier alpha value is -0.650. The number of carbonyl (C=O) groups is 1. The van der Waals surface area contributed by atoms with Crippen molar-refractivity contribution in [1.82, 2.24) is 4.90 Å². The Balaban J connectivity index is 1.93. The lowest BCUT2D eigenvalue weighted by Gasteiger charge is -2.34. The zero-order chi connectivity index (χ0) is 11.5. The van der Waals surface area contributed by atoms with Gasteiger partial charge < -0.3 is 19.5 Å². The first-order valence-corrected chi connectivity index (χ1v) is 5.85. The minimum atomic E-state index is -0.294. The van der Waals surface area contributed by atoms with Gasteiger partial charge in [-0.05, 0) is 12.3 Å². The number of carbonyl (C=O) groups excluding carboxylic acids is 1. The maximum Gasteiger partial charge on any atom is 0.252 e. The Morgan fingerprint density at radius 3 is 2.88 bits per heavy atom. The molecule has 1 amide bonds. The molecule has 5 heteroatoms. The third kappa shape index (κ3) is 2.36. The summed E-state index contributed by atoms with van der Waals surface area (Å²) in [4.78, 5) is 13.9. The first-order valence-electron chi connectivity index (χ1n) is 5.85. The predicted molar refractivity (Wildman–Crippen MR) is 56.9 cm³/mol. The molecule has 0 radical (unpaired) electrons. The molecule has 0 aromatic rings. The first kappa shape index (κ1) is 11.8. The smallest absolute Gasteiger partial charge is 0.252 e. The van der Waals surface area contributed by atoms with Gasteiger partial charge in [0.25, 0.3) is 5.91 Å². The van der Waals surface area contributed by atoms with Gasteiger partial charge in [-0.3, -0.25) is 4.79 Å². The molecule has 5 nitrogen and oxygen atoms in total. The van der Waals surface area contributed by atoms with Crippen LogP contribution >= 0.6 is 0 Å². The Kier molecular flexibility index (Phi) is 3.78. The highest BCUT2D eigenvalue weighted by molar-refractivity contribution is 5.81. The zero-order valence-electron chi connectivity index (χ0n) is 9.59. The Bertz CT molecular complexity index is 258. The van der Waals surface area contributed by atoms with Crippen molar-refractivity contribution < 1.29 is 19.4 Å². The molecule has 2 rings (SSSR count). The summed E-state index contributed by atoms with van der Waals surface area (Å²) in [6.07, 6.45) is 0.413. The summed E-state index contributed by atoms with van der Waals surface area (Å²) in [6, 6.07) is 0. The predicted octanol–water partition coefficient (Wildman–Crippen LogP) is -0.369. The molecule has 16 heavy (non-hydrogen) atoms. The lowest BCUT2D eigenvalue weighted by Crippen LogP contribution is -2.51. The molecule has 0 aromatic heterocycles. The second-order valence-electron chi connectivity index (χ2n) is 4.52. The molecule has 0 spiro atoms. The van der Waals surface area contributed by atoms with Crippen LogP contribution < -0.4 is 0 Å². The van der Waals surface area contributed by atoms with Crippen LogP contribution in [0.4, 0.5) is 0 Å². The molecule has 0 aromatic carbocycles. The maximum atomic E-state index is 12.1. The van der Waals surface area contributed by atoms with Crippen LogP contribution in [0.2, 0.25) is 0 Å². The fourth-order valence-corrected chi connectivity index (χ4v) is 2.22. The standard InChI is InChI=1S/C11H19NO4/c1-8-2-4-16-10(8)11(14)12-3-5-15-9(6-12)7-13/h8-10,13H,2-7H2,1H3. The van der Waals surface area contributed by atoms with Gasteiger partial charge in [0.05, 0.1) is 19.3 Å². The number of hydrogen-bond donors (Lipinski definition) is 1. The van der Waals surface area contributed by atoms with Gasteiger partial charge >= 0.3 is 0 Å². The van der Waals surface area contributed by atoms with Crippen molar-refractivity contribution in [2.75, 3.05) is 32.9 Å². The van der Waals surface area contributed by atoms with E-state index in [-0.39, 0.29) is 24.7 Å². The summed E-state index contributed by atoms with van der Waals surface area (Å²) < 4.78 is 10.8. The van der Waals surface area contributed by atoms with Gasteiger partial charge in [-0.1, -0.05) is 6.92 Å². The van der Waals surface area contributed by atoms with E-state index in [2.05, 4.69) is 0 Å². The van der Waals surface area contributed by atoms with Gasteiger partial charge in [-0.15, -0.1) is 0 Å². The van der Waals surface area contributed by atoms with Gasteiger partial charge in [0.2, 0.25) is 0 Å².